The molecule has 0 saturated carbocycles. The molecule has 1 saturated heterocycles. The van der Waals surface area contributed by atoms with Gasteiger partial charge in [0, 0.05) is 30.4 Å². The third-order valence-electron chi connectivity index (χ3n) is 5.89. The smallest absolute Gasteiger partial charge is 0.335 e. The number of aliphatic hydroxyl groups is 1. The van der Waals surface area contributed by atoms with Crippen molar-refractivity contribution in [2.45, 2.75) is 44.4 Å². The molecule has 164 valence electrons. The Morgan fingerprint density at radius 2 is 1.65 bits per heavy atom. The third-order valence-corrected chi connectivity index (χ3v) is 10.9. The number of nitrogens with zero attached hydrogens (tertiary/aromatic N) is 3. The van der Waals surface area contributed by atoms with Crippen LogP contribution in [-0.2, 0) is 14.0 Å². The van der Waals surface area contributed by atoms with E-state index in [4.69, 9.17) is 14.7 Å². The molecule has 31 heavy (non-hydrogen) atoms. The number of carbonyl (C=O) groups is 1. The van der Waals surface area contributed by atoms with Crippen molar-refractivity contribution in [2.75, 3.05) is 13.2 Å². The van der Waals surface area contributed by atoms with Crippen molar-refractivity contribution in [3.8, 4) is 0 Å². The molecule has 2 aromatic carbocycles. The van der Waals surface area contributed by atoms with Crippen LogP contribution in [-0.4, -0.2) is 44.8 Å². The fraction of sp³-hybridized carbons (Fsp3) is 0.435. The number of rotatable bonds is 8. The summed E-state index contributed by atoms with van der Waals surface area (Å²) in [4.78, 5) is 14.6. The van der Waals surface area contributed by atoms with Gasteiger partial charge >= 0.3 is 5.97 Å². The molecule has 1 aliphatic rings. The van der Waals surface area contributed by atoms with Gasteiger partial charge in [0.15, 0.2) is 6.10 Å². The Bertz CT molecular complexity index is 887. The van der Waals surface area contributed by atoms with E-state index in [0.29, 0.717) is 13.0 Å². The van der Waals surface area contributed by atoms with Gasteiger partial charge in [-0.15, -0.1) is 0 Å². The number of esters is 1. The highest BCUT2D eigenvalue weighted by Crippen LogP contribution is 2.37. The van der Waals surface area contributed by atoms with Crippen LogP contribution < -0.4 is 10.4 Å². The summed E-state index contributed by atoms with van der Waals surface area (Å²) < 4.78 is 12.2. The minimum atomic E-state index is -2.69. The van der Waals surface area contributed by atoms with Crippen LogP contribution in [0.15, 0.2) is 65.8 Å². The Kier molecular flexibility index (Phi) is 7.18. The lowest BCUT2D eigenvalue weighted by Crippen LogP contribution is -2.66. The average Bonchev–Trinajstić information content (AvgIpc) is 3.03. The molecule has 0 spiro atoms. The first-order valence-corrected chi connectivity index (χ1v) is 12.4. The number of hydrogen-bond donors (Lipinski definition) is 1. The summed E-state index contributed by atoms with van der Waals surface area (Å²) in [6, 6.07) is 20.6. The van der Waals surface area contributed by atoms with Gasteiger partial charge in [0.05, 0.1) is 0 Å². The summed E-state index contributed by atoms with van der Waals surface area (Å²) in [5, 5.41) is 15.8. The van der Waals surface area contributed by atoms with E-state index in [9.17, 15) is 9.90 Å². The highest BCUT2D eigenvalue weighted by atomic mass is 28.4. The molecule has 0 bridgehead atoms. The number of aliphatic hydroxyl groups excluding tert-OH is 1. The number of cyclic esters (lactones) is 1. The molecule has 0 amide bonds. The maximum atomic E-state index is 11.9. The maximum absolute atomic E-state index is 11.9. The van der Waals surface area contributed by atoms with Crippen molar-refractivity contribution in [1.82, 2.24) is 0 Å². The summed E-state index contributed by atoms with van der Waals surface area (Å²) in [6.45, 7) is 6.95. The van der Waals surface area contributed by atoms with Crippen molar-refractivity contribution in [3.05, 3.63) is 71.1 Å². The molecule has 2 aromatic rings. The molecular weight excluding hydrogens is 410 g/mol. The highest BCUT2D eigenvalue weighted by molar-refractivity contribution is 6.99. The second-order valence-electron chi connectivity index (χ2n) is 8.80. The zero-order chi connectivity index (χ0) is 22.5. The molecule has 3 rings (SSSR count). The van der Waals surface area contributed by atoms with Crippen LogP contribution in [0.1, 0.15) is 27.2 Å². The van der Waals surface area contributed by atoms with Gasteiger partial charge in [-0.1, -0.05) is 86.5 Å². The van der Waals surface area contributed by atoms with Gasteiger partial charge in [0.1, 0.15) is 6.10 Å². The van der Waals surface area contributed by atoms with Crippen LogP contribution in [0.25, 0.3) is 10.4 Å². The molecule has 1 aliphatic heterocycles. The van der Waals surface area contributed by atoms with E-state index in [1.807, 2.05) is 36.4 Å². The van der Waals surface area contributed by atoms with Crippen molar-refractivity contribution < 1.29 is 19.1 Å². The van der Waals surface area contributed by atoms with Gasteiger partial charge in [-0.3, -0.25) is 0 Å². The number of carbonyl (C=O) groups excluding carboxylic acids is 1. The van der Waals surface area contributed by atoms with E-state index in [-0.39, 0.29) is 11.6 Å². The lowest BCUT2D eigenvalue weighted by Gasteiger charge is -2.43. The third kappa shape index (κ3) is 4.67. The molecule has 1 N–H and O–H groups in total. The fourth-order valence-corrected chi connectivity index (χ4v) is 8.97. The van der Waals surface area contributed by atoms with Crippen LogP contribution in [0, 0.1) is 5.92 Å². The van der Waals surface area contributed by atoms with Gasteiger partial charge < -0.3 is 14.3 Å². The number of benzene rings is 2. The van der Waals surface area contributed by atoms with E-state index >= 15 is 0 Å². The predicted molar refractivity (Wildman–Crippen MR) is 122 cm³/mol. The minimum absolute atomic E-state index is 0.00723. The first-order valence-electron chi connectivity index (χ1n) is 10.5. The summed E-state index contributed by atoms with van der Waals surface area (Å²) in [6.07, 6.45) is -1.41. The highest BCUT2D eigenvalue weighted by Gasteiger charge is 2.50. The van der Waals surface area contributed by atoms with Crippen molar-refractivity contribution in [3.63, 3.8) is 0 Å². The zero-order valence-corrected chi connectivity index (χ0v) is 19.1. The predicted octanol–water partition coefficient (Wildman–Crippen LogP) is 3.17. The second kappa shape index (κ2) is 9.66. The van der Waals surface area contributed by atoms with Gasteiger partial charge in [-0.2, -0.15) is 0 Å². The largest absolute Gasteiger partial charge is 0.460 e. The van der Waals surface area contributed by atoms with Crippen molar-refractivity contribution in [1.29, 1.82) is 0 Å². The lowest BCUT2D eigenvalue weighted by molar-refractivity contribution is -0.147. The standard InChI is InChI=1S/C23H29N3O4Si/c1-23(2,3)31(17-10-6-4-7-11-17,18-12-8-5-9-13-18)29-15-14-20-19(16-25-26-24)21(27)22(28)30-20/h4-13,19-21,27H,14-16H2,1-3H3/t19-,20-,21-/m1/s1. The van der Waals surface area contributed by atoms with Crippen LogP contribution in [0.3, 0.4) is 0 Å². The van der Waals surface area contributed by atoms with Crippen LogP contribution in [0.4, 0.5) is 0 Å². The first kappa shape index (κ1) is 23.0. The Labute approximate surface area is 183 Å². The van der Waals surface area contributed by atoms with E-state index < -0.39 is 32.4 Å². The van der Waals surface area contributed by atoms with Crippen LogP contribution in [0.5, 0.6) is 0 Å². The van der Waals surface area contributed by atoms with Gasteiger partial charge in [-0.25, -0.2) is 4.79 Å². The van der Waals surface area contributed by atoms with Gasteiger partial charge in [0.25, 0.3) is 8.32 Å². The summed E-state index contributed by atoms with van der Waals surface area (Å²) >= 11 is 0. The van der Waals surface area contributed by atoms with E-state index in [2.05, 4.69) is 55.1 Å². The van der Waals surface area contributed by atoms with Gasteiger partial charge in [0.2, 0.25) is 0 Å². The normalized spacial score (nSPS) is 21.4. The lowest BCUT2D eigenvalue weighted by atomic mass is 9.97. The quantitative estimate of drug-likeness (QED) is 0.224. The molecule has 1 heterocycles. The molecule has 1 fully saturated rings. The minimum Gasteiger partial charge on any atom is -0.460 e. The Balaban J connectivity index is 1.90. The molecule has 8 heteroatoms. The zero-order valence-electron chi connectivity index (χ0n) is 18.1. The SMILES string of the molecule is CC(C)(C)[Si](OCC[C@H]1OC(=O)[C@H](O)[C@@H]1CN=[N+]=[N-])(c1ccccc1)c1ccccc1. The van der Waals surface area contributed by atoms with E-state index in [1.165, 1.54) is 10.4 Å². The number of azide groups is 1. The van der Waals surface area contributed by atoms with Crippen LogP contribution in [0.2, 0.25) is 5.04 Å². The van der Waals surface area contributed by atoms with Crippen molar-refractivity contribution >= 4 is 24.7 Å². The topological polar surface area (TPSA) is 105 Å². The average molecular weight is 440 g/mol. The first-order chi connectivity index (χ1) is 14.8. The van der Waals surface area contributed by atoms with E-state index in [0.717, 1.165) is 0 Å². The Hall–Kier alpha value is -2.64. The molecule has 0 unspecified atom stereocenters. The van der Waals surface area contributed by atoms with Crippen LogP contribution >= 0.6 is 0 Å². The Morgan fingerprint density at radius 3 is 2.13 bits per heavy atom. The molecule has 3 atom stereocenters. The number of ether oxygens (including phenoxy) is 1. The molecule has 0 aromatic heterocycles. The van der Waals surface area contributed by atoms with E-state index in [1.54, 1.807) is 0 Å². The fourth-order valence-electron chi connectivity index (χ4n) is 4.40. The number of hydrogen-bond acceptors (Lipinski definition) is 5. The molecular formula is C23H29N3O4Si. The monoisotopic (exact) mass is 439 g/mol. The van der Waals surface area contributed by atoms with Crippen molar-refractivity contribution in [2.24, 2.45) is 11.0 Å². The summed E-state index contributed by atoms with van der Waals surface area (Å²) in [5.41, 5.74) is 8.62. The summed E-state index contributed by atoms with van der Waals surface area (Å²) in [7, 11) is -2.69. The molecule has 7 nitrogen and oxygen atoms in total. The Morgan fingerprint density at radius 1 is 1.10 bits per heavy atom. The van der Waals surface area contributed by atoms with Gasteiger partial charge in [-0.05, 0) is 20.9 Å². The maximum Gasteiger partial charge on any atom is 0.335 e. The second-order valence-corrected chi connectivity index (χ2v) is 13.1. The molecule has 0 aliphatic carbocycles. The summed E-state index contributed by atoms with van der Waals surface area (Å²) in [5.74, 6) is -1.24. The molecule has 0 radical (unpaired) electrons.